The van der Waals surface area contributed by atoms with Crippen LogP contribution in [0.5, 0.6) is 0 Å². The lowest BCUT2D eigenvalue weighted by Crippen LogP contribution is -2.28. The number of carbonyl (C=O) groups is 2. The summed E-state index contributed by atoms with van der Waals surface area (Å²) in [5, 5.41) is 10.4. The summed E-state index contributed by atoms with van der Waals surface area (Å²) in [6, 6.07) is 0. The van der Waals surface area contributed by atoms with Crippen LogP contribution in [0.1, 0.15) is 6.42 Å². The van der Waals surface area contributed by atoms with Crippen LogP contribution in [0, 0.1) is 0 Å². The van der Waals surface area contributed by atoms with Gasteiger partial charge in [-0.3, -0.25) is 14.8 Å². The highest BCUT2D eigenvalue weighted by atomic mass is 16.5. The Bertz CT molecular complexity index is 167. The molecule has 0 atom stereocenters. The molecule has 0 aliphatic carbocycles. The standard InChI is InChI=1S/C6H10N2O3/c1-2-5(9)7-4-3-6(10)8-11/h2,11H,1,3-4H2,(H,7,9)(H,8,10). The van der Waals surface area contributed by atoms with E-state index >= 15 is 0 Å². The molecule has 0 aromatic carbocycles. The maximum Gasteiger partial charge on any atom is 0.245 e. The Kier molecular flexibility index (Phi) is 4.76. The minimum atomic E-state index is -0.533. The summed E-state index contributed by atoms with van der Waals surface area (Å²) in [5.74, 6) is -0.870. The molecule has 3 N–H and O–H groups in total. The van der Waals surface area contributed by atoms with Gasteiger partial charge < -0.3 is 5.32 Å². The normalized spacial score (nSPS) is 8.45. The van der Waals surface area contributed by atoms with E-state index in [9.17, 15) is 9.59 Å². The van der Waals surface area contributed by atoms with E-state index in [0.717, 1.165) is 6.08 Å². The smallest absolute Gasteiger partial charge is 0.245 e. The van der Waals surface area contributed by atoms with Gasteiger partial charge in [0.25, 0.3) is 0 Å². The van der Waals surface area contributed by atoms with Crippen molar-refractivity contribution < 1.29 is 14.8 Å². The number of rotatable bonds is 4. The average Bonchev–Trinajstić information content (AvgIpc) is 2.04. The minimum Gasteiger partial charge on any atom is -0.352 e. The van der Waals surface area contributed by atoms with Gasteiger partial charge >= 0.3 is 0 Å². The van der Waals surface area contributed by atoms with Crippen LogP contribution in [0.4, 0.5) is 0 Å². The summed E-state index contributed by atoms with van der Waals surface area (Å²) in [4.78, 5) is 20.8. The second-order valence-corrected chi connectivity index (χ2v) is 1.78. The van der Waals surface area contributed by atoms with Crippen LogP contribution in [0.25, 0.3) is 0 Å². The van der Waals surface area contributed by atoms with Gasteiger partial charge in [0, 0.05) is 13.0 Å². The molecule has 0 saturated heterocycles. The Labute approximate surface area is 64.0 Å². The second-order valence-electron chi connectivity index (χ2n) is 1.78. The Balaban J connectivity index is 3.34. The molecule has 0 bridgehead atoms. The molecule has 5 heteroatoms. The van der Waals surface area contributed by atoms with Crippen LogP contribution in [-0.2, 0) is 9.59 Å². The molecule has 0 aliphatic heterocycles. The van der Waals surface area contributed by atoms with Crippen LogP contribution in [-0.4, -0.2) is 23.6 Å². The molecule has 11 heavy (non-hydrogen) atoms. The molecule has 2 amide bonds. The first-order valence-corrected chi connectivity index (χ1v) is 3.04. The SMILES string of the molecule is C=CC(=O)NCCC(=O)NO. The number of amides is 2. The van der Waals surface area contributed by atoms with Gasteiger partial charge in [0.05, 0.1) is 0 Å². The maximum absolute atomic E-state index is 10.5. The van der Waals surface area contributed by atoms with Gasteiger partial charge in [-0.15, -0.1) is 0 Å². The topological polar surface area (TPSA) is 78.4 Å². The van der Waals surface area contributed by atoms with E-state index < -0.39 is 5.91 Å². The lowest BCUT2D eigenvalue weighted by atomic mass is 10.4. The third-order valence-corrected chi connectivity index (χ3v) is 0.961. The van der Waals surface area contributed by atoms with E-state index in [1.807, 2.05) is 0 Å². The molecule has 0 heterocycles. The Morgan fingerprint density at radius 1 is 1.55 bits per heavy atom. The first kappa shape index (κ1) is 9.64. The Morgan fingerprint density at radius 2 is 2.18 bits per heavy atom. The highest BCUT2D eigenvalue weighted by molar-refractivity contribution is 5.87. The van der Waals surface area contributed by atoms with Gasteiger partial charge in [-0.05, 0) is 6.08 Å². The van der Waals surface area contributed by atoms with Crippen LogP contribution >= 0.6 is 0 Å². The van der Waals surface area contributed by atoms with Gasteiger partial charge in [-0.1, -0.05) is 6.58 Å². The summed E-state index contributed by atoms with van der Waals surface area (Å²) in [6.07, 6.45) is 1.16. The molecule has 0 unspecified atom stereocenters. The second kappa shape index (κ2) is 5.43. The lowest BCUT2D eigenvalue weighted by molar-refractivity contribution is -0.129. The van der Waals surface area contributed by atoms with Crippen molar-refractivity contribution in [1.82, 2.24) is 10.8 Å². The van der Waals surface area contributed by atoms with Crippen LogP contribution in [0.2, 0.25) is 0 Å². The van der Waals surface area contributed by atoms with Crippen molar-refractivity contribution >= 4 is 11.8 Å². The van der Waals surface area contributed by atoms with Crippen molar-refractivity contribution in [3.8, 4) is 0 Å². The number of hydrogen-bond acceptors (Lipinski definition) is 3. The molecule has 0 aliphatic rings. The first-order chi connectivity index (χ1) is 5.20. The number of carbonyl (C=O) groups excluding carboxylic acids is 2. The summed E-state index contributed by atoms with van der Waals surface area (Å²) in [5.41, 5.74) is 1.44. The molecule has 5 nitrogen and oxygen atoms in total. The number of hydroxylamine groups is 1. The third-order valence-electron chi connectivity index (χ3n) is 0.961. The zero-order chi connectivity index (χ0) is 8.69. The fourth-order valence-corrected chi connectivity index (χ4v) is 0.427. The van der Waals surface area contributed by atoms with Gasteiger partial charge in [0.15, 0.2) is 0 Å². The zero-order valence-corrected chi connectivity index (χ0v) is 5.96. The fourth-order valence-electron chi connectivity index (χ4n) is 0.427. The van der Waals surface area contributed by atoms with Crippen LogP contribution in [0.3, 0.4) is 0 Å². The van der Waals surface area contributed by atoms with Crippen LogP contribution in [0.15, 0.2) is 12.7 Å². The van der Waals surface area contributed by atoms with Crippen molar-refractivity contribution in [2.24, 2.45) is 0 Å². The van der Waals surface area contributed by atoms with Crippen molar-refractivity contribution in [3.63, 3.8) is 0 Å². The van der Waals surface area contributed by atoms with Gasteiger partial charge in [-0.25, -0.2) is 5.48 Å². The Hall–Kier alpha value is -1.36. The highest BCUT2D eigenvalue weighted by Crippen LogP contribution is 1.75. The van der Waals surface area contributed by atoms with E-state index in [-0.39, 0.29) is 18.9 Å². The molecular formula is C6H10N2O3. The molecule has 0 aromatic rings. The molecule has 0 aromatic heterocycles. The van der Waals surface area contributed by atoms with E-state index in [1.54, 1.807) is 0 Å². The molecule has 0 rings (SSSR count). The maximum atomic E-state index is 10.5. The zero-order valence-electron chi connectivity index (χ0n) is 5.96. The molecular weight excluding hydrogens is 148 g/mol. The summed E-state index contributed by atoms with van der Waals surface area (Å²) in [7, 11) is 0. The predicted octanol–water partition coefficient (Wildman–Crippen LogP) is -0.816. The number of hydrogen-bond donors (Lipinski definition) is 3. The van der Waals surface area contributed by atoms with Crippen molar-refractivity contribution in [2.75, 3.05) is 6.54 Å². The molecule has 0 saturated carbocycles. The van der Waals surface area contributed by atoms with E-state index in [0.29, 0.717) is 0 Å². The Morgan fingerprint density at radius 3 is 2.64 bits per heavy atom. The molecule has 62 valence electrons. The summed E-state index contributed by atoms with van der Waals surface area (Å²) in [6.45, 7) is 3.41. The van der Waals surface area contributed by atoms with Crippen molar-refractivity contribution in [1.29, 1.82) is 0 Å². The van der Waals surface area contributed by atoms with E-state index in [4.69, 9.17) is 5.21 Å². The fraction of sp³-hybridized carbons (Fsp3) is 0.333. The lowest BCUT2D eigenvalue weighted by Gasteiger charge is -1.99. The van der Waals surface area contributed by atoms with E-state index in [2.05, 4.69) is 11.9 Å². The van der Waals surface area contributed by atoms with Gasteiger partial charge in [0.2, 0.25) is 11.8 Å². The largest absolute Gasteiger partial charge is 0.352 e. The van der Waals surface area contributed by atoms with Crippen molar-refractivity contribution in [2.45, 2.75) is 6.42 Å². The summed E-state index contributed by atoms with van der Waals surface area (Å²) < 4.78 is 0. The molecule has 0 radical (unpaired) electrons. The van der Waals surface area contributed by atoms with Crippen molar-refractivity contribution in [3.05, 3.63) is 12.7 Å². The summed E-state index contributed by atoms with van der Waals surface area (Å²) >= 11 is 0. The molecule has 0 spiro atoms. The highest BCUT2D eigenvalue weighted by Gasteiger charge is 1.98. The first-order valence-electron chi connectivity index (χ1n) is 3.04. The third kappa shape index (κ3) is 5.10. The minimum absolute atomic E-state index is 0.0517. The number of nitrogens with one attached hydrogen (secondary N) is 2. The average molecular weight is 158 g/mol. The van der Waals surface area contributed by atoms with Gasteiger partial charge in [0.1, 0.15) is 0 Å². The quantitative estimate of drug-likeness (QED) is 0.284. The monoisotopic (exact) mass is 158 g/mol. The van der Waals surface area contributed by atoms with Crippen LogP contribution < -0.4 is 10.8 Å². The van der Waals surface area contributed by atoms with Gasteiger partial charge in [-0.2, -0.15) is 0 Å². The molecule has 0 fully saturated rings. The predicted molar refractivity (Wildman–Crippen MR) is 37.8 cm³/mol. The van der Waals surface area contributed by atoms with E-state index in [1.165, 1.54) is 5.48 Å².